The Balaban J connectivity index is 2.42. The van der Waals surface area contributed by atoms with Crippen molar-refractivity contribution in [3.63, 3.8) is 0 Å². The molecule has 0 saturated carbocycles. The zero-order valence-corrected chi connectivity index (χ0v) is 12.5. The van der Waals surface area contributed by atoms with Crippen LogP contribution in [-0.2, 0) is 6.42 Å². The van der Waals surface area contributed by atoms with E-state index in [0.29, 0.717) is 18.1 Å². The summed E-state index contributed by atoms with van der Waals surface area (Å²) >= 11 is 0. The molecule has 2 aromatic rings. The lowest BCUT2D eigenvalue weighted by Crippen LogP contribution is -2.25. The largest absolute Gasteiger partial charge is 0.372 e. The lowest BCUT2D eigenvalue weighted by molar-refractivity contribution is 0.236. The van der Waals surface area contributed by atoms with Crippen LogP contribution < -0.4 is 0 Å². The van der Waals surface area contributed by atoms with Crippen LogP contribution in [0.15, 0.2) is 12.7 Å². The molecule has 0 aliphatic rings. The summed E-state index contributed by atoms with van der Waals surface area (Å²) in [4.78, 5) is 20.7. The fourth-order valence-electron chi connectivity index (χ4n) is 1.75. The van der Waals surface area contributed by atoms with Crippen molar-refractivity contribution >= 4 is 6.03 Å². The van der Waals surface area contributed by atoms with Crippen LogP contribution in [0.2, 0.25) is 0 Å². The third-order valence-corrected chi connectivity index (χ3v) is 2.69. The number of hydrogen-bond donors (Lipinski definition) is 0. The molecule has 0 spiro atoms. The second kappa shape index (κ2) is 5.15. The summed E-state index contributed by atoms with van der Waals surface area (Å²) in [6.45, 7) is 10.3. The Hall–Kier alpha value is -2.05. The van der Waals surface area contributed by atoms with Gasteiger partial charge in [0, 0.05) is 12.3 Å². The summed E-state index contributed by atoms with van der Waals surface area (Å²) in [5.41, 5.74) is 0.0156. The van der Waals surface area contributed by atoms with Gasteiger partial charge in [-0.05, 0) is 5.41 Å². The topological polar surface area (TPSA) is 78.5 Å². The number of rotatable bonds is 2. The summed E-state index contributed by atoms with van der Waals surface area (Å²) in [5, 5.41) is 8.17. The zero-order valence-electron chi connectivity index (χ0n) is 12.5. The molecule has 0 aromatic carbocycles. The smallest absolute Gasteiger partial charge is 0.243 e. The van der Waals surface area contributed by atoms with Crippen molar-refractivity contribution in [1.82, 2.24) is 29.5 Å². The van der Waals surface area contributed by atoms with Gasteiger partial charge in [-0.25, -0.2) is 14.8 Å². The van der Waals surface area contributed by atoms with E-state index in [4.69, 9.17) is 0 Å². The zero-order chi connectivity index (χ0) is 14.9. The van der Waals surface area contributed by atoms with Crippen molar-refractivity contribution in [2.45, 2.75) is 47.0 Å². The third-order valence-electron chi connectivity index (χ3n) is 2.69. The summed E-state index contributed by atoms with van der Waals surface area (Å²) in [6, 6.07) is -0.360. The molecule has 2 aromatic heterocycles. The Bertz CT molecular complexity index is 591. The van der Waals surface area contributed by atoms with Crippen molar-refractivity contribution in [1.29, 1.82) is 0 Å². The Kier molecular flexibility index (Phi) is 3.69. The van der Waals surface area contributed by atoms with Gasteiger partial charge in [0.1, 0.15) is 18.5 Å². The van der Waals surface area contributed by atoms with Crippen LogP contribution in [-0.4, -0.2) is 35.6 Å². The molecule has 0 amide bonds. The first kappa shape index (κ1) is 14.4. The highest BCUT2D eigenvalue weighted by Gasteiger charge is 2.23. The monoisotopic (exact) mass is 276 g/mol. The molecule has 0 atom stereocenters. The van der Waals surface area contributed by atoms with E-state index in [2.05, 4.69) is 40.9 Å². The minimum Gasteiger partial charge on any atom is -0.243 e. The number of nitrogens with zero attached hydrogens (tertiary/aromatic N) is 6. The van der Waals surface area contributed by atoms with Gasteiger partial charge in [0.15, 0.2) is 5.82 Å². The second-order valence-electron chi connectivity index (χ2n) is 6.31. The van der Waals surface area contributed by atoms with Gasteiger partial charge < -0.3 is 0 Å². The third kappa shape index (κ3) is 3.09. The second-order valence-corrected chi connectivity index (χ2v) is 6.31. The Morgan fingerprint density at radius 1 is 1.35 bits per heavy atom. The van der Waals surface area contributed by atoms with Crippen LogP contribution in [0.4, 0.5) is 4.79 Å². The molecule has 0 radical (unpaired) electrons. The van der Waals surface area contributed by atoms with E-state index in [1.165, 1.54) is 17.3 Å². The normalized spacial score (nSPS) is 12.1. The molecule has 2 heterocycles. The molecule has 0 fully saturated rings. The molecular formula is C13H20N6O. The maximum atomic E-state index is 12.4. The van der Waals surface area contributed by atoms with Gasteiger partial charge in [0.05, 0.1) is 0 Å². The molecule has 0 saturated heterocycles. The van der Waals surface area contributed by atoms with Crippen molar-refractivity contribution < 1.29 is 4.79 Å². The molecule has 0 aliphatic heterocycles. The molecule has 108 valence electrons. The van der Waals surface area contributed by atoms with E-state index >= 15 is 0 Å². The average molecular weight is 276 g/mol. The van der Waals surface area contributed by atoms with E-state index in [1.807, 2.05) is 13.8 Å². The minimum absolute atomic E-state index is 0.0156. The van der Waals surface area contributed by atoms with Gasteiger partial charge in [-0.1, -0.05) is 34.6 Å². The van der Waals surface area contributed by atoms with Crippen LogP contribution in [0, 0.1) is 5.41 Å². The van der Waals surface area contributed by atoms with Crippen LogP contribution in [0.3, 0.4) is 0 Å². The predicted octanol–water partition coefficient (Wildman–Crippen LogP) is 2.10. The van der Waals surface area contributed by atoms with E-state index in [1.54, 1.807) is 0 Å². The SMILES string of the molecule is CC(C)c1nc(CC(C)(C)C)n(C(=O)n2cncn2)n1. The highest BCUT2D eigenvalue weighted by molar-refractivity contribution is 5.77. The standard InChI is InChI=1S/C13H20N6O/c1-9(2)11-16-10(6-13(3,4)5)19(17-11)12(20)18-8-14-7-15-18/h7-9H,6H2,1-5H3. The summed E-state index contributed by atoms with van der Waals surface area (Å²) < 4.78 is 2.49. The average Bonchev–Trinajstić information content (AvgIpc) is 2.94. The van der Waals surface area contributed by atoms with Crippen molar-refractivity contribution in [3.8, 4) is 0 Å². The van der Waals surface area contributed by atoms with E-state index < -0.39 is 0 Å². The van der Waals surface area contributed by atoms with Crippen LogP contribution in [0.25, 0.3) is 0 Å². The van der Waals surface area contributed by atoms with Gasteiger partial charge in [-0.2, -0.15) is 14.5 Å². The van der Waals surface area contributed by atoms with Gasteiger partial charge in [0.2, 0.25) is 0 Å². The number of carbonyl (C=O) groups excluding carboxylic acids is 1. The van der Waals surface area contributed by atoms with Crippen LogP contribution in [0.1, 0.15) is 52.2 Å². The number of hydrogen-bond acceptors (Lipinski definition) is 5. The molecule has 0 bridgehead atoms. The van der Waals surface area contributed by atoms with Crippen molar-refractivity contribution in [2.24, 2.45) is 5.41 Å². The highest BCUT2D eigenvalue weighted by atomic mass is 16.2. The fourth-order valence-corrected chi connectivity index (χ4v) is 1.75. The first-order valence-electron chi connectivity index (χ1n) is 6.63. The molecule has 0 N–H and O–H groups in total. The molecule has 7 heteroatoms. The molecule has 0 aliphatic carbocycles. The minimum atomic E-state index is -0.360. The van der Waals surface area contributed by atoms with Crippen molar-refractivity contribution in [2.75, 3.05) is 0 Å². The van der Waals surface area contributed by atoms with Gasteiger partial charge in [-0.3, -0.25) is 0 Å². The quantitative estimate of drug-likeness (QED) is 0.839. The number of aromatic nitrogens is 6. The predicted molar refractivity (Wildman–Crippen MR) is 73.5 cm³/mol. The van der Waals surface area contributed by atoms with Crippen molar-refractivity contribution in [3.05, 3.63) is 24.3 Å². The molecule has 2 rings (SSSR count). The summed E-state index contributed by atoms with van der Waals surface area (Å²) in [5.74, 6) is 1.48. The lowest BCUT2D eigenvalue weighted by atomic mass is 9.92. The van der Waals surface area contributed by atoms with Gasteiger partial charge in [0.25, 0.3) is 0 Å². The van der Waals surface area contributed by atoms with E-state index in [-0.39, 0.29) is 17.4 Å². The lowest BCUT2D eigenvalue weighted by Gasteiger charge is -2.16. The van der Waals surface area contributed by atoms with E-state index in [0.717, 1.165) is 4.68 Å². The molecule has 20 heavy (non-hydrogen) atoms. The van der Waals surface area contributed by atoms with E-state index in [9.17, 15) is 4.79 Å². The maximum absolute atomic E-state index is 12.4. The summed E-state index contributed by atoms with van der Waals surface area (Å²) in [6.07, 6.45) is 3.34. The highest BCUT2D eigenvalue weighted by Crippen LogP contribution is 2.21. The van der Waals surface area contributed by atoms with Gasteiger partial charge in [-0.15, -0.1) is 5.10 Å². The Morgan fingerprint density at radius 2 is 2.05 bits per heavy atom. The number of carbonyl (C=O) groups is 1. The summed E-state index contributed by atoms with van der Waals surface area (Å²) in [7, 11) is 0. The van der Waals surface area contributed by atoms with Crippen LogP contribution >= 0.6 is 0 Å². The Labute approximate surface area is 118 Å². The molecular weight excluding hydrogens is 256 g/mol. The van der Waals surface area contributed by atoms with Crippen LogP contribution in [0.5, 0.6) is 0 Å². The molecule has 0 unspecified atom stereocenters. The Morgan fingerprint density at radius 3 is 2.55 bits per heavy atom. The molecule has 7 nitrogen and oxygen atoms in total. The maximum Gasteiger partial charge on any atom is 0.372 e. The van der Waals surface area contributed by atoms with Gasteiger partial charge >= 0.3 is 6.03 Å². The fraction of sp³-hybridized carbons (Fsp3) is 0.615. The first-order chi connectivity index (χ1) is 9.28. The first-order valence-corrected chi connectivity index (χ1v) is 6.63.